The Labute approximate surface area is 199 Å². The number of primary amides is 1. The van der Waals surface area contributed by atoms with Crippen LogP contribution in [0.5, 0.6) is 5.75 Å². The van der Waals surface area contributed by atoms with E-state index in [4.69, 9.17) is 15.5 Å². The molecule has 0 aliphatic heterocycles. The number of aromatic nitrogens is 2. The summed E-state index contributed by atoms with van der Waals surface area (Å²) in [5, 5.41) is 2.55. The quantitative estimate of drug-likeness (QED) is 0.389. The number of carbonyl (C=O) groups is 2. The molecule has 0 spiro atoms. The lowest BCUT2D eigenvalue weighted by Gasteiger charge is -2.20. The molecule has 0 saturated carbocycles. The van der Waals surface area contributed by atoms with Gasteiger partial charge in [-0.3, -0.25) is 19.5 Å². The molecule has 33 heavy (non-hydrogen) atoms. The number of ether oxygens (including phenoxy) is 1. The third kappa shape index (κ3) is 4.63. The van der Waals surface area contributed by atoms with Crippen molar-refractivity contribution in [1.82, 2.24) is 14.9 Å². The second-order valence-electron chi connectivity index (χ2n) is 8.14. The predicted molar refractivity (Wildman–Crippen MR) is 131 cm³/mol. The van der Waals surface area contributed by atoms with E-state index in [1.165, 1.54) is 4.88 Å². The van der Waals surface area contributed by atoms with Crippen molar-refractivity contribution in [2.24, 2.45) is 11.7 Å². The summed E-state index contributed by atoms with van der Waals surface area (Å²) in [6.45, 7) is 6.19. The van der Waals surface area contributed by atoms with Crippen LogP contribution >= 0.6 is 23.1 Å². The van der Waals surface area contributed by atoms with Gasteiger partial charge in [0, 0.05) is 4.88 Å². The van der Waals surface area contributed by atoms with Gasteiger partial charge in [0.2, 0.25) is 5.91 Å². The highest BCUT2D eigenvalue weighted by atomic mass is 32.2. The van der Waals surface area contributed by atoms with Gasteiger partial charge in [-0.1, -0.05) is 25.6 Å². The van der Waals surface area contributed by atoms with Crippen molar-refractivity contribution in [3.05, 3.63) is 45.1 Å². The highest BCUT2D eigenvalue weighted by molar-refractivity contribution is 8.00. The third-order valence-electron chi connectivity index (χ3n) is 5.46. The first-order valence-electron chi connectivity index (χ1n) is 10.9. The second-order valence-corrected chi connectivity index (χ2v) is 10.3. The summed E-state index contributed by atoms with van der Waals surface area (Å²) in [4.78, 5) is 44.5. The van der Waals surface area contributed by atoms with E-state index >= 15 is 0 Å². The zero-order valence-corrected chi connectivity index (χ0v) is 20.3. The van der Waals surface area contributed by atoms with Crippen LogP contribution in [0.4, 0.5) is 4.79 Å². The molecule has 0 fully saturated rings. The third-order valence-corrected chi connectivity index (χ3v) is 8.14. The average Bonchev–Trinajstić information content (AvgIpc) is 3.33. The number of fused-ring (bicyclic) bond motifs is 3. The number of carbonyl (C=O) groups excluding carboxylic acids is 2. The van der Waals surface area contributed by atoms with E-state index in [9.17, 15) is 14.4 Å². The first kappa shape index (κ1) is 23.3. The second kappa shape index (κ2) is 9.56. The monoisotopic (exact) mass is 486 g/mol. The maximum absolute atomic E-state index is 13.8. The number of nitrogens with zero attached hydrogens (tertiary/aromatic N) is 2. The van der Waals surface area contributed by atoms with Crippen LogP contribution in [-0.4, -0.2) is 33.3 Å². The number of hydrogen-bond donors (Lipinski definition) is 2. The van der Waals surface area contributed by atoms with Crippen LogP contribution in [0.1, 0.15) is 37.6 Å². The summed E-state index contributed by atoms with van der Waals surface area (Å²) >= 11 is 2.71. The van der Waals surface area contributed by atoms with Gasteiger partial charge in [-0.2, -0.15) is 0 Å². The van der Waals surface area contributed by atoms with Crippen LogP contribution in [0.15, 0.2) is 34.2 Å². The Morgan fingerprint density at radius 1 is 1.27 bits per heavy atom. The number of nitrogens with one attached hydrogen (secondary N) is 1. The zero-order valence-electron chi connectivity index (χ0n) is 18.7. The number of thioether (sulfide) groups is 1. The van der Waals surface area contributed by atoms with E-state index in [-0.39, 0.29) is 11.5 Å². The highest BCUT2D eigenvalue weighted by Gasteiger charge is 2.29. The fraction of sp³-hybridized carbons (Fsp3) is 0.391. The van der Waals surface area contributed by atoms with Crippen molar-refractivity contribution in [2.75, 3.05) is 6.61 Å². The predicted octanol–water partition coefficient (Wildman–Crippen LogP) is 3.65. The van der Waals surface area contributed by atoms with Crippen LogP contribution in [0.25, 0.3) is 15.9 Å². The first-order chi connectivity index (χ1) is 15.8. The first-order valence-corrected chi connectivity index (χ1v) is 12.6. The topological polar surface area (TPSA) is 116 Å². The van der Waals surface area contributed by atoms with Gasteiger partial charge >= 0.3 is 6.03 Å². The molecule has 3 N–H and O–H groups in total. The molecule has 2 heterocycles. The minimum atomic E-state index is -0.909. The molecule has 3 amide bonds. The van der Waals surface area contributed by atoms with Gasteiger partial charge in [0.1, 0.15) is 10.6 Å². The minimum Gasteiger partial charge on any atom is -0.494 e. The Hall–Kier alpha value is -2.85. The molecule has 174 valence electrons. The fourth-order valence-electron chi connectivity index (χ4n) is 3.99. The number of imide groups is 1. The van der Waals surface area contributed by atoms with Gasteiger partial charge in [0.25, 0.3) is 5.56 Å². The minimum absolute atomic E-state index is 0.135. The number of urea groups is 1. The molecule has 0 bridgehead atoms. The molecule has 0 radical (unpaired) electrons. The van der Waals surface area contributed by atoms with Crippen LogP contribution in [-0.2, 0) is 17.6 Å². The summed E-state index contributed by atoms with van der Waals surface area (Å²) in [7, 11) is 0. The van der Waals surface area contributed by atoms with Crippen molar-refractivity contribution in [3.8, 4) is 11.4 Å². The number of aryl methyl sites for hydroxylation is 2. The Bertz CT molecular complexity index is 1260. The standard InChI is InChI=1S/C23H26N4O4S2/c1-4-31-14-10-8-13(9-11-14)27-21(29)17-15-6-5-7-16(15)32-20(17)26-23(27)33-18(12(2)3)19(28)25-22(24)30/h8-12,18H,4-7H2,1-3H3,(H3,24,25,28,30). The van der Waals surface area contributed by atoms with Gasteiger partial charge in [-0.25, -0.2) is 9.78 Å². The molecule has 3 aromatic rings. The molecule has 8 nitrogen and oxygen atoms in total. The number of nitrogens with two attached hydrogens (primary N) is 1. The van der Waals surface area contributed by atoms with Gasteiger partial charge in [0.05, 0.1) is 22.9 Å². The SMILES string of the molecule is CCOc1ccc(-n2c(SC(C(=O)NC(N)=O)C(C)C)nc3sc4c(c3c2=O)CCC4)cc1. The van der Waals surface area contributed by atoms with Crippen molar-refractivity contribution >= 4 is 45.3 Å². The van der Waals surface area contributed by atoms with E-state index < -0.39 is 17.2 Å². The summed E-state index contributed by atoms with van der Waals surface area (Å²) in [5.41, 5.74) is 6.74. The maximum atomic E-state index is 13.8. The molecule has 1 atom stereocenters. The normalized spacial score (nSPS) is 13.8. The van der Waals surface area contributed by atoms with Gasteiger partial charge in [0.15, 0.2) is 5.16 Å². The molecule has 10 heteroatoms. The zero-order chi connectivity index (χ0) is 23.7. The molecule has 1 aliphatic rings. The summed E-state index contributed by atoms with van der Waals surface area (Å²) in [6, 6.07) is 6.33. The van der Waals surface area contributed by atoms with Crippen LogP contribution < -0.4 is 21.3 Å². The van der Waals surface area contributed by atoms with Gasteiger partial charge in [-0.15, -0.1) is 11.3 Å². The van der Waals surface area contributed by atoms with E-state index in [0.29, 0.717) is 33.4 Å². The van der Waals surface area contributed by atoms with Crippen LogP contribution in [0.3, 0.4) is 0 Å². The van der Waals surface area contributed by atoms with Gasteiger partial charge in [-0.05, 0) is 61.9 Å². The summed E-state index contributed by atoms with van der Waals surface area (Å²) < 4.78 is 7.09. The van der Waals surface area contributed by atoms with E-state index in [0.717, 1.165) is 36.6 Å². The lowest BCUT2D eigenvalue weighted by Crippen LogP contribution is -2.42. The smallest absolute Gasteiger partial charge is 0.318 e. The average molecular weight is 487 g/mol. The van der Waals surface area contributed by atoms with E-state index in [1.54, 1.807) is 15.9 Å². The number of thiophene rings is 1. The highest BCUT2D eigenvalue weighted by Crippen LogP contribution is 2.37. The molecule has 2 aromatic heterocycles. The number of hydrogen-bond acceptors (Lipinski definition) is 7. The molecule has 4 rings (SSSR count). The van der Waals surface area contributed by atoms with Crippen LogP contribution in [0, 0.1) is 5.92 Å². The Balaban J connectivity index is 1.87. The molecular formula is C23H26N4O4S2. The molecule has 1 aliphatic carbocycles. The summed E-state index contributed by atoms with van der Waals surface area (Å²) in [6.07, 6.45) is 2.87. The Morgan fingerprint density at radius 3 is 2.64 bits per heavy atom. The lowest BCUT2D eigenvalue weighted by molar-refractivity contribution is -0.120. The molecule has 1 aromatic carbocycles. The van der Waals surface area contributed by atoms with E-state index in [2.05, 4.69) is 5.32 Å². The number of rotatable bonds is 7. The fourth-order valence-corrected chi connectivity index (χ4v) is 6.40. The summed E-state index contributed by atoms with van der Waals surface area (Å²) in [5.74, 6) is 0.0580. The van der Waals surface area contributed by atoms with Crippen molar-refractivity contribution in [2.45, 2.75) is 50.4 Å². The molecular weight excluding hydrogens is 460 g/mol. The van der Waals surface area contributed by atoms with E-state index in [1.807, 2.05) is 45.0 Å². The number of benzene rings is 1. The Kier molecular flexibility index (Phi) is 6.76. The number of amides is 3. The lowest BCUT2D eigenvalue weighted by atomic mass is 10.1. The van der Waals surface area contributed by atoms with Crippen molar-refractivity contribution in [3.63, 3.8) is 0 Å². The van der Waals surface area contributed by atoms with Crippen molar-refractivity contribution < 1.29 is 14.3 Å². The molecule has 1 unspecified atom stereocenters. The maximum Gasteiger partial charge on any atom is 0.318 e. The van der Waals surface area contributed by atoms with Gasteiger partial charge < -0.3 is 10.5 Å². The van der Waals surface area contributed by atoms with Crippen molar-refractivity contribution in [1.29, 1.82) is 0 Å². The molecule has 0 saturated heterocycles. The largest absolute Gasteiger partial charge is 0.494 e. The van der Waals surface area contributed by atoms with Crippen LogP contribution in [0.2, 0.25) is 0 Å². The Morgan fingerprint density at radius 2 is 2.00 bits per heavy atom.